The highest BCUT2D eigenvalue weighted by Crippen LogP contribution is 2.25. The zero-order valence-corrected chi connectivity index (χ0v) is 11.8. The molecular weight excluding hydrogens is 277 g/mol. The van der Waals surface area contributed by atoms with Crippen LogP contribution in [0.1, 0.15) is 29.6 Å². The Morgan fingerprint density at radius 3 is 2.95 bits per heavy atom. The first kappa shape index (κ1) is 15.4. The Hall–Kier alpha value is -2.02. The normalized spacial score (nSPS) is 22.0. The molecule has 0 spiro atoms. The van der Waals surface area contributed by atoms with Crippen LogP contribution in [0.15, 0.2) is 18.5 Å². The second-order valence-electron chi connectivity index (χ2n) is 5.30. The fourth-order valence-electron chi connectivity index (χ4n) is 2.53. The maximum atomic E-state index is 13.1. The number of amides is 2. The molecule has 21 heavy (non-hydrogen) atoms. The van der Waals surface area contributed by atoms with Crippen molar-refractivity contribution in [3.05, 3.63) is 29.8 Å². The lowest BCUT2D eigenvalue weighted by atomic mass is 9.89. The number of carbonyl (C=O) groups excluding carboxylic acids is 2. The predicted molar refractivity (Wildman–Crippen MR) is 73.0 cm³/mol. The molecule has 0 bridgehead atoms. The highest BCUT2D eigenvalue weighted by atomic mass is 19.1. The van der Waals surface area contributed by atoms with Crippen molar-refractivity contribution in [3.63, 3.8) is 0 Å². The quantitative estimate of drug-likeness (QED) is 0.841. The molecule has 1 saturated heterocycles. The number of halogens is 1. The third-order valence-corrected chi connectivity index (χ3v) is 3.56. The second kappa shape index (κ2) is 6.17. The van der Waals surface area contributed by atoms with Crippen LogP contribution in [0.4, 0.5) is 4.39 Å². The molecule has 0 radical (unpaired) electrons. The van der Waals surface area contributed by atoms with Crippen molar-refractivity contribution in [2.45, 2.75) is 24.9 Å². The lowest BCUT2D eigenvalue weighted by Crippen LogP contribution is -2.52. The molecular formula is C14H18FN3O3. The highest BCUT2D eigenvalue weighted by Gasteiger charge is 2.37. The number of β-amino-alcohol motifs (C(OH)–C–C–N with tert-alkyl or cyclic N) is 1. The molecule has 2 rings (SSSR count). The van der Waals surface area contributed by atoms with Gasteiger partial charge in [-0.1, -0.05) is 0 Å². The van der Waals surface area contributed by atoms with Crippen LogP contribution in [0.2, 0.25) is 0 Å². The fourth-order valence-corrected chi connectivity index (χ4v) is 2.53. The number of aliphatic hydroxyl groups is 1. The van der Waals surface area contributed by atoms with Gasteiger partial charge in [0.25, 0.3) is 5.91 Å². The van der Waals surface area contributed by atoms with E-state index in [0.717, 1.165) is 12.3 Å². The van der Waals surface area contributed by atoms with Gasteiger partial charge >= 0.3 is 0 Å². The number of piperidine rings is 1. The Balaban J connectivity index is 2.10. The monoisotopic (exact) mass is 295 g/mol. The molecule has 2 amide bonds. The Bertz CT molecular complexity index is 552. The zero-order chi connectivity index (χ0) is 15.5. The number of nitrogens with one attached hydrogen (secondary N) is 1. The van der Waals surface area contributed by atoms with Crippen LogP contribution in [0.5, 0.6) is 0 Å². The minimum Gasteiger partial charge on any atom is -0.388 e. The molecule has 1 unspecified atom stereocenters. The third kappa shape index (κ3) is 3.75. The van der Waals surface area contributed by atoms with Gasteiger partial charge in [-0.05, 0) is 18.9 Å². The number of hydrogen-bond acceptors (Lipinski definition) is 4. The predicted octanol–water partition coefficient (Wildman–Crippen LogP) is 0.324. The molecule has 7 heteroatoms. The minimum absolute atomic E-state index is 0.0514. The van der Waals surface area contributed by atoms with Crippen LogP contribution in [-0.4, -0.2) is 52.5 Å². The molecule has 1 aromatic heterocycles. The number of carbonyl (C=O) groups is 2. The zero-order valence-electron chi connectivity index (χ0n) is 11.8. The Kier molecular flexibility index (Phi) is 4.52. The van der Waals surface area contributed by atoms with Crippen LogP contribution in [0.3, 0.4) is 0 Å². The van der Waals surface area contributed by atoms with Gasteiger partial charge in [-0.2, -0.15) is 0 Å². The summed E-state index contributed by atoms with van der Waals surface area (Å²) in [6.45, 7) is 0.515. The summed E-state index contributed by atoms with van der Waals surface area (Å²) in [5.74, 6) is -1.25. The molecule has 1 aromatic rings. The number of hydrogen-bond donors (Lipinski definition) is 2. The molecule has 2 N–H and O–H groups in total. The van der Waals surface area contributed by atoms with Crippen LogP contribution >= 0.6 is 0 Å². The number of pyridine rings is 1. The highest BCUT2D eigenvalue weighted by molar-refractivity contribution is 5.94. The first-order chi connectivity index (χ1) is 9.93. The summed E-state index contributed by atoms with van der Waals surface area (Å²) in [5, 5.41) is 12.9. The van der Waals surface area contributed by atoms with Gasteiger partial charge in [0.05, 0.1) is 30.3 Å². The standard InChI is InChI=1S/C14H18FN3O3/c1-16-12(19)6-14(21)3-2-4-18(9-14)13(20)10-5-11(15)8-17-7-10/h5,7-8,21H,2-4,6,9H2,1H3,(H,16,19). The van der Waals surface area contributed by atoms with E-state index < -0.39 is 17.3 Å². The average molecular weight is 295 g/mol. The summed E-state index contributed by atoms with van der Waals surface area (Å²) < 4.78 is 13.1. The first-order valence-electron chi connectivity index (χ1n) is 6.76. The van der Waals surface area contributed by atoms with Gasteiger partial charge in [0.15, 0.2) is 0 Å². The first-order valence-corrected chi connectivity index (χ1v) is 6.76. The number of aromatic nitrogens is 1. The molecule has 1 fully saturated rings. The lowest BCUT2D eigenvalue weighted by Gasteiger charge is -2.38. The van der Waals surface area contributed by atoms with E-state index in [9.17, 15) is 19.1 Å². The van der Waals surface area contributed by atoms with E-state index in [-0.39, 0.29) is 24.4 Å². The van der Waals surface area contributed by atoms with Crippen molar-refractivity contribution >= 4 is 11.8 Å². The van der Waals surface area contributed by atoms with Crippen molar-refractivity contribution in [2.24, 2.45) is 0 Å². The van der Waals surface area contributed by atoms with Gasteiger partial charge in [-0.25, -0.2) is 4.39 Å². The lowest BCUT2D eigenvalue weighted by molar-refractivity contribution is -0.127. The van der Waals surface area contributed by atoms with Crippen LogP contribution in [0, 0.1) is 5.82 Å². The third-order valence-electron chi connectivity index (χ3n) is 3.56. The second-order valence-corrected chi connectivity index (χ2v) is 5.30. The smallest absolute Gasteiger partial charge is 0.255 e. The van der Waals surface area contributed by atoms with Crippen molar-refractivity contribution in [2.75, 3.05) is 20.1 Å². The summed E-state index contributed by atoms with van der Waals surface area (Å²) in [4.78, 5) is 28.8. The van der Waals surface area contributed by atoms with E-state index in [1.807, 2.05) is 0 Å². The molecule has 6 nitrogen and oxygen atoms in total. The van der Waals surface area contributed by atoms with E-state index in [0.29, 0.717) is 19.4 Å². The molecule has 1 aliphatic heterocycles. The van der Waals surface area contributed by atoms with Crippen LogP contribution < -0.4 is 5.32 Å². The van der Waals surface area contributed by atoms with Crippen molar-refractivity contribution < 1.29 is 19.1 Å². The van der Waals surface area contributed by atoms with E-state index in [1.54, 1.807) is 0 Å². The summed E-state index contributed by atoms with van der Waals surface area (Å²) in [6.07, 6.45) is 3.29. The Morgan fingerprint density at radius 2 is 2.29 bits per heavy atom. The van der Waals surface area contributed by atoms with Crippen molar-refractivity contribution in [3.8, 4) is 0 Å². The number of likely N-dealkylation sites (tertiary alicyclic amines) is 1. The molecule has 1 aliphatic rings. The van der Waals surface area contributed by atoms with E-state index in [4.69, 9.17) is 0 Å². The van der Waals surface area contributed by atoms with E-state index >= 15 is 0 Å². The Morgan fingerprint density at radius 1 is 1.52 bits per heavy atom. The molecule has 1 atom stereocenters. The summed E-state index contributed by atoms with van der Waals surface area (Å²) in [7, 11) is 1.50. The summed E-state index contributed by atoms with van der Waals surface area (Å²) >= 11 is 0. The van der Waals surface area contributed by atoms with E-state index in [2.05, 4.69) is 10.3 Å². The average Bonchev–Trinajstić information content (AvgIpc) is 2.46. The van der Waals surface area contributed by atoms with Crippen LogP contribution in [-0.2, 0) is 4.79 Å². The van der Waals surface area contributed by atoms with Gasteiger partial charge in [-0.3, -0.25) is 14.6 Å². The summed E-state index contributed by atoms with van der Waals surface area (Å²) in [5.41, 5.74) is -1.10. The van der Waals surface area contributed by atoms with Gasteiger partial charge in [-0.15, -0.1) is 0 Å². The van der Waals surface area contributed by atoms with Crippen molar-refractivity contribution in [1.82, 2.24) is 15.2 Å². The maximum Gasteiger partial charge on any atom is 0.255 e. The topological polar surface area (TPSA) is 82.5 Å². The van der Waals surface area contributed by atoms with Crippen LogP contribution in [0.25, 0.3) is 0 Å². The minimum atomic E-state index is -1.24. The molecule has 0 saturated carbocycles. The number of rotatable bonds is 3. The molecule has 0 aromatic carbocycles. The van der Waals surface area contributed by atoms with E-state index in [1.165, 1.54) is 18.1 Å². The maximum absolute atomic E-state index is 13.1. The Labute approximate surface area is 122 Å². The van der Waals surface area contributed by atoms with Gasteiger partial charge < -0.3 is 15.3 Å². The van der Waals surface area contributed by atoms with Gasteiger partial charge in [0, 0.05) is 19.8 Å². The summed E-state index contributed by atoms with van der Waals surface area (Å²) in [6, 6.07) is 1.11. The molecule has 2 heterocycles. The number of nitrogens with zero attached hydrogens (tertiary/aromatic N) is 2. The molecule has 0 aliphatic carbocycles. The van der Waals surface area contributed by atoms with Gasteiger partial charge in [0.2, 0.25) is 5.91 Å². The molecule has 114 valence electrons. The van der Waals surface area contributed by atoms with Gasteiger partial charge in [0.1, 0.15) is 5.82 Å². The fraction of sp³-hybridized carbons (Fsp3) is 0.500. The van der Waals surface area contributed by atoms with Crippen molar-refractivity contribution in [1.29, 1.82) is 0 Å². The SMILES string of the molecule is CNC(=O)CC1(O)CCCN(C(=O)c2cncc(F)c2)C1. The largest absolute Gasteiger partial charge is 0.388 e.